The summed E-state index contributed by atoms with van der Waals surface area (Å²) in [5, 5.41) is 0. The van der Waals surface area contributed by atoms with Crippen molar-refractivity contribution < 1.29 is 19.1 Å². The molecule has 0 bridgehead atoms. The maximum atomic E-state index is 12.1. The molecule has 0 N–H and O–H groups in total. The van der Waals surface area contributed by atoms with Gasteiger partial charge in [-0.05, 0) is 31.9 Å². The maximum Gasteiger partial charge on any atom is 0.260 e. The standard InChI is InChI=1S/C15H19NO4/c1-3-16(12-7-8-12)14(18)10-20-15-11(9-17)5-4-6-13(15)19-2/h4-6,9,12H,3,7-8,10H2,1-2H3. The van der Waals surface area contributed by atoms with Gasteiger partial charge in [0.15, 0.2) is 24.4 Å². The van der Waals surface area contributed by atoms with E-state index >= 15 is 0 Å². The van der Waals surface area contributed by atoms with E-state index in [-0.39, 0.29) is 12.5 Å². The predicted molar refractivity (Wildman–Crippen MR) is 74.3 cm³/mol. The number of hydrogen-bond donors (Lipinski definition) is 0. The minimum absolute atomic E-state index is 0.0576. The Labute approximate surface area is 118 Å². The van der Waals surface area contributed by atoms with Gasteiger partial charge in [-0.15, -0.1) is 0 Å². The zero-order chi connectivity index (χ0) is 14.5. The van der Waals surface area contributed by atoms with E-state index in [4.69, 9.17) is 9.47 Å². The number of ether oxygens (including phenoxy) is 2. The highest BCUT2D eigenvalue weighted by atomic mass is 16.5. The van der Waals surface area contributed by atoms with Crippen molar-refractivity contribution in [1.82, 2.24) is 4.90 Å². The summed E-state index contributed by atoms with van der Waals surface area (Å²) in [7, 11) is 1.50. The number of amides is 1. The SMILES string of the molecule is CCN(C(=O)COc1c(C=O)cccc1OC)C1CC1. The number of likely N-dealkylation sites (N-methyl/N-ethyl adjacent to an activating group) is 1. The van der Waals surface area contributed by atoms with Crippen molar-refractivity contribution in [2.45, 2.75) is 25.8 Å². The molecule has 1 aromatic carbocycles. The topological polar surface area (TPSA) is 55.8 Å². The molecule has 5 heteroatoms. The third-order valence-corrected chi connectivity index (χ3v) is 3.34. The van der Waals surface area contributed by atoms with Crippen LogP contribution in [0, 0.1) is 0 Å². The second kappa shape index (κ2) is 6.41. The first-order chi connectivity index (χ1) is 9.71. The lowest BCUT2D eigenvalue weighted by atomic mass is 10.2. The van der Waals surface area contributed by atoms with Gasteiger partial charge in [0.25, 0.3) is 5.91 Å². The van der Waals surface area contributed by atoms with Gasteiger partial charge in [-0.2, -0.15) is 0 Å². The highest BCUT2D eigenvalue weighted by Crippen LogP contribution is 2.31. The van der Waals surface area contributed by atoms with Gasteiger partial charge in [0.05, 0.1) is 12.7 Å². The molecule has 0 spiro atoms. The van der Waals surface area contributed by atoms with Crippen molar-refractivity contribution >= 4 is 12.2 Å². The van der Waals surface area contributed by atoms with Crippen molar-refractivity contribution in [3.8, 4) is 11.5 Å². The number of nitrogens with zero attached hydrogens (tertiary/aromatic N) is 1. The number of hydrogen-bond acceptors (Lipinski definition) is 4. The highest BCUT2D eigenvalue weighted by molar-refractivity contribution is 5.82. The molecule has 0 atom stereocenters. The average Bonchev–Trinajstić information content (AvgIpc) is 3.30. The Bertz CT molecular complexity index is 497. The molecule has 1 amide bonds. The maximum absolute atomic E-state index is 12.1. The Kier molecular flexibility index (Phi) is 4.61. The van der Waals surface area contributed by atoms with Crippen LogP contribution in [0.5, 0.6) is 11.5 Å². The summed E-state index contributed by atoms with van der Waals surface area (Å²) < 4.78 is 10.7. The van der Waals surface area contributed by atoms with Gasteiger partial charge in [0.1, 0.15) is 0 Å². The molecule has 0 aromatic heterocycles. The monoisotopic (exact) mass is 277 g/mol. The number of aldehydes is 1. The molecule has 0 heterocycles. The molecule has 0 radical (unpaired) electrons. The second-order valence-corrected chi connectivity index (χ2v) is 4.70. The molecular weight excluding hydrogens is 258 g/mol. The first-order valence-electron chi connectivity index (χ1n) is 6.75. The fourth-order valence-corrected chi connectivity index (χ4v) is 2.18. The van der Waals surface area contributed by atoms with Crippen LogP contribution in [0.4, 0.5) is 0 Å². The van der Waals surface area contributed by atoms with Crippen LogP contribution in [0.25, 0.3) is 0 Å². The minimum atomic E-state index is -0.0778. The van der Waals surface area contributed by atoms with Crippen LogP contribution in [-0.4, -0.2) is 43.4 Å². The number of para-hydroxylation sites is 1. The lowest BCUT2D eigenvalue weighted by molar-refractivity contribution is -0.133. The summed E-state index contributed by atoms with van der Waals surface area (Å²) in [6.07, 6.45) is 2.82. The van der Waals surface area contributed by atoms with Gasteiger partial charge in [0, 0.05) is 12.6 Å². The Morgan fingerprint density at radius 2 is 2.20 bits per heavy atom. The van der Waals surface area contributed by atoms with E-state index < -0.39 is 0 Å². The van der Waals surface area contributed by atoms with Crippen LogP contribution in [0.2, 0.25) is 0 Å². The molecule has 1 aliphatic carbocycles. The summed E-state index contributed by atoms with van der Waals surface area (Å²) in [6.45, 7) is 2.56. The first kappa shape index (κ1) is 14.4. The van der Waals surface area contributed by atoms with Gasteiger partial charge in [-0.1, -0.05) is 6.07 Å². The molecule has 1 saturated carbocycles. The predicted octanol–water partition coefficient (Wildman–Crippen LogP) is 1.90. The van der Waals surface area contributed by atoms with Gasteiger partial charge in [-0.3, -0.25) is 9.59 Å². The smallest absolute Gasteiger partial charge is 0.260 e. The zero-order valence-electron chi connectivity index (χ0n) is 11.8. The highest BCUT2D eigenvalue weighted by Gasteiger charge is 2.31. The summed E-state index contributed by atoms with van der Waals surface area (Å²) in [5.74, 6) is 0.722. The van der Waals surface area contributed by atoms with Crippen LogP contribution in [0.1, 0.15) is 30.1 Å². The van der Waals surface area contributed by atoms with E-state index in [1.54, 1.807) is 18.2 Å². The molecule has 1 fully saturated rings. The van der Waals surface area contributed by atoms with Gasteiger partial charge < -0.3 is 14.4 Å². The minimum Gasteiger partial charge on any atom is -0.493 e. The van der Waals surface area contributed by atoms with Crippen molar-refractivity contribution in [3.05, 3.63) is 23.8 Å². The van der Waals surface area contributed by atoms with Crippen molar-refractivity contribution in [3.63, 3.8) is 0 Å². The summed E-state index contributed by atoms with van der Waals surface area (Å²) in [5.41, 5.74) is 0.381. The van der Waals surface area contributed by atoms with E-state index in [2.05, 4.69) is 0 Å². The number of methoxy groups -OCH3 is 1. The quantitative estimate of drug-likeness (QED) is 0.714. The van der Waals surface area contributed by atoms with Crippen LogP contribution < -0.4 is 9.47 Å². The largest absolute Gasteiger partial charge is 0.493 e. The van der Waals surface area contributed by atoms with E-state index in [1.165, 1.54) is 7.11 Å². The molecule has 108 valence electrons. The van der Waals surface area contributed by atoms with Crippen LogP contribution in [0.15, 0.2) is 18.2 Å². The molecule has 0 unspecified atom stereocenters. The molecule has 1 aromatic rings. The molecule has 0 saturated heterocycles. The number of carbonyl (C=O) groups excluding carboxylic acids is 2. The Morgan fingerprint density at radius 3 is 2.75 bits per heavy atom. The van der Waals surface area contributed by atoms with Crippen LogP contribution >= 0.6 is 0 Å². The van der Waals surface area contributed by atoms with E-state index in [0.29, 0.717) is 35.9 Å². The normalized spacial score (nSPS) is 13.7. The number of benzene rings is 1. The lowest BCUT2D eigenvalue weighted by Gasteiger charge is -2.21. The molecule has 5 nitrogen and oxygen atoms in total. The van der Waals surface area contributed by atoms with Gasteiger partial charge in [0.2, 0.25) is 0 Å². The van der Waals surface area contributed by atoms with Crippen molar-refractivity contribution in [1.29, 1.82) is 0 Å². The fraction of sp³-hybridized carbons (Fsp3) is 0.467. The van der Waals surface area contributed by atoms with Crippen molar-refractivity contribution in [2.24, 2.45) is 0 Å². The first-order valence-corrected chi connectivity index (χ1v) is 6.75. The molecule has 0 aliphatic heterocycles. The second-order valence-electron chi connectivity index (χ2n) is 4.70. The fourth-order valence-electron chi connectivity index (χ4n) is 2.18. The molecular formula is C15H19NO4. The third kappa shape index (κ3) is 3.10. The van der Waals surface area contributed by atoms with Gasteiger partial charge >= 0.3 is 0 Å². The molecule has 1 aliphatic rings. The third-order valence-electron chi connectivity index (χ3n) is 3.34. The summed E-state index contributed by atoms with van der Waals surface area (Å²) >= 11 is 0. The molecule has 20 heavy (non-hydrogen) atoms. The Balaban J connectivity index is 2.06. The van der Waals surface area contributed by atoms with Gasteiger partial charge in [-0.25, -0.2) is 0 Å². The van der Waals surface area contributed by atoms with E-state index in [0.717, 1.165) is 12.8 Å². The molecule has 2 rings (SSSR count). The Hall–Kier alpha value is -2.04. The lowest BCUT2D eigenvalue weighted by Crippen LogP contribution is -2.36. The number of carbonyl (C=O) groups is 2. The van der Waals surface area contributed by atoms with Crippen LogP contribution in [-0.2, 0) is 4.79 Å². The van der Waals surface area contributed by atoms with E-state index in [1.807, 2.05) is 11.8 Å². The zero-order valence-corrected chi connectivity index (χ0v) is 11.8. The van der Waals surface area contributed by atoms with Crippen molar-refractivity contribution in [2.75, 3.05) is 20.3 Å². The summed E-state index contributed by atoms with van der Waals surface area (Å²) in [4.78, 5) is 24.9. The Morgan fingerprint density at radius 1 is 1.45 bits per heavy atom. The summed E-state index contributed by atoms with van der Waals surface area (Å²) in [6, 6.07) is 5.40. The average molecular weight is 277 g/mol. The number of rotatable bonds is 7. The van der Waals surface area contributed by atoms with Crippen LogP contribution in [0.3, 0.4) is 0 Å². The van der Waals surface area contributed by atoms with E-state index in [9.17, 15) is 9.59 Å².